The van der Waals surface area contributed by atoms with Crippen LogP contribution in [0, 0.1) is 5.92 Å². The van der Waals surface area contributed by atoms with Crippen molar-refractivity contribution in [1.29, 1.82) is 0 Å². The number of nitrogens with one attached hydrogen (secondary N) is 2. The fourth-order valence-electron chi connectivity index (χ4n) is 3.06. The highest BCUT2D eigenvalue weighted by atomic mass is 16.6. The molecule has 1 aliphatic heterocycles. The van der Waals surface area contributed by atoms with E-state index in [1.165, 1.54) is 0 Å². The summed E-state index contributed by atoms with van der Waals surface area (Å²) in [5.41, 5.74) is 0.344. The third kappa shape index (κ3) is 7.67. The lowest BCUT2D eigenvalue weighted by atomic mass is 10.0. The van der Waals surface area contributed by atoms with E-state index in [1.54, 1.807) is 20.8 Å². The van der Waals surface area contributed by atoms with E-state index in [4.69, 9.17) is 9.47 Å². The van der Waals surface area contributed by atoms with Gasteiger partial charge in [0.2, 0.25) is 5.91 Å². The Labute approximate surface area is 178 Å². The highest BCUT2D eigenvalue weighted by Gasteiger charge is 2.42. The number of imide groups is 1. The highest BCUT2D eigenvalue weighted by Crippen LogP contribution is 2.21. The molecule has 8 nitrogen and oxygen atoms in total. The second-order valence-corrected chi connectivity index (χ2v) is 8.87. The summed E-state index contributed by atoms with van der Waals surface area (Å²) >= 11 is 0. The van der Waals surface area contributed by atoms with Crippen LogP contribution in [0.4, 0.5) is 9.59 Å². The standard InChI is InChI=1S/C22H33N3O5/c1-15(2)11-17(24-21(28)30-22(3,4)5)14-29-19-12-18(26)25(19)20(27)23-13-16-9-7-6-8-10-16/h6-10,15,17,19H,11-14H2,1-5H3,(H,23,27)(H,24,28)/t17-,19?/m0/s1. The number of amides is 4. The average molecular weight is 420 g/mol. The Hall–Kier alpha value is -2.61. The monoisotopic (exact) mass is 419 g/mol. The molecule has 1 fully saturated rings. The minimum atomic E-state index is -0.636. The molecule has 0 spiro atoms. The van der Waals surface area contributed by atoms with Gasteiger partial charge in [-0.15, -0.1) is 0 Å². The molecule has 1 aliphatic rings. The van der Waals surface area contributed by atoms with E-state index in [9.17, 15) is 14.4 Å². The first kappa shape index (κ1) is 23.7. The molecule has 0 aliphatic carbocycles. The number of carbonyl (C=O) groups excluding carboxylic acids is 3. The van der Waals surface area contributed by atoms with Crippen molar-refractivity contribution in [2.75, 3.05) is 6.61 Å². The van der Waals surface area contributed by atoms with Crippen molar-refractivity contribution in [3.63, 3.8) is 0 Å². The van der Waals surface area contributed by atoms with Gasteiger partial charge >= 0.3 is 12.1 Å². The topological polar surface area (TPSA) is 97.0 Å². The Morgan fingerprint density at radius 2 is 1.87 bits per heavy atom. The fourth-order valence-corrected chi connectivity index (χ4v) is 3.06. The Morgan fingerprint density at radius 1 is 1.20 bits per heavy atom. The lowest BCUT2D eigenvalue weighted by molar-refractivity contribution is -0.165. The number of alkyl carbamates (subject to hydrolysis) is 1. The van der Waals surface area contributed by atoms with E-state index in [-0.39, 0.29) is 25.0 Å². The molecular formula is C22H33N3O5. The Bertz CT molecular complexity index is 730. The smallest absolute Gasteiger partial charge is 0.407 e. The number of β-lactam (4-membered cyclic amide) rings is 1. The molecule has 1 aromatic carbocycles. The van der Waals surface area contributed by atoms with Crippen LogP contribution in [-0.2, 0) is 20.8 Å². The first-order chi connectivity index (χ1) is 14.0. The van der Waals surface area contributed by atoms with Crippen molar-refractivity contribution in [3.8, 4) is 0 Å². The van der Waals surface area contributed by atoms with E-state index < -0.39 is 24.0 Å². The first-order valence-corrected chi connectivity index (χ1v) is 10.3. The number of likely N-dealkylation sites (tertiary alicyclic amines) is 1. The molecule has 0 bridgehead atoms. The quantitative estimate of drug-likeness (QED) is 0.630. The summed E-state index contributed by atoms with van der Waals surface area (Å²) in [5.74, 6) is 0.0351. The summed E-state index contributed by atoms with van der Waals surface area (Å²) in [4.78, 5) is 37.5. The zero-order chi connectivity index (χ0) is 22.3. The second-order valence-electron chi connectivity index (χ2n) is 8.87. The minimum Gasteiger partial charge on any atom is -0.444 e. The summed E-state index contributed by atoms with van der Waals surface area (Å²) in [6, 6.07) is 8.68. The zero-order valence-electron chi connectivity index (χ0n) is 18.4. The van der Waals surface area contributed by atoms with Crippen molar-refractivity contribution in [2.24, 2.45) is 5.92 Å². The third-order valence-electron chi connectivity index (χ3n) is 4.38. The van der Waals surface area contributed by atoms with Crippen molar-refractivity contribution >= 4 is 18.0 Å². The molecule has 0 aromatic heterocycles. The fraction of sp³-hybridized carbons (Fsp3) is 0.591. The molecule has 166 valence electrons. The number of benzene rings is 1. The average Bonchev–Trinajstić information content (AvgIpc) is 2.61. The van der Waals surface area contributed by atoms with Crippen molar-refractivity contribution in [1.82, 2.24) is 15.5 Å². The van der Waals surface area contributed by atoms with Crippen LogP contribution in [0.2, 0.25) is 0 Å². The largest absolute Gasteiger partial charge is 0.444 e. The Balaban J connectivity index is 1.86. The number of urea groups is 1. The summed E-state index contributed by atoms with van der Waals surface area (Å²) in [6.45, 7) is 9.98. The third-order valence-corrected chi connectivity index (χ3v) is 4.38. The van der Waals surface area contributed by atoms with Gasteiger partial charge in [-0.05, 0) is 38.7 Å². The summed E-state index contributed by atoms with van der Waals surface area (Å²) in [7, 11) is 0. The molecule has 0 saturated carbocycles. The predicted molar refractivity (Wildman–Crippen MR) is 112 cm³/mol. The molecule has 30 heavy (non-hydrogen) atoms. The van der Waals surface area contributed by atoms with Gasteiger partial charge in [-0.2, -0.15) is 0 Å². The number of hydrogen-bond donors (Lipinski definition) is 2. The molecule has 2 rings (SSSR count). The van der Waals surface area contributed by atoms with Crippen LogP contribution in [0.25, 0.3) is 0 Å². The molecule has 1 heterocycles. The molecule has 4 amide bonds. The first-order valence-electron chi connectivity index (χ1n) is 10.3. The van der Waals surface area contributed by atoms with Crippen LogP contribution in [0.3, 0.4) is 0 Å². The zero-order valence-corrected chi connectivity index (χ0v) is 18.4. The van der Waals surface area contributed by atoms with Gasteiger partial charge < -0.3 is 20.1 Å². The van der Waals surface area contributed by atoms with Crippen LogP contribution in [0.5, 0.6) is 0 Å². The maximum absolute atomic E-state index is 12.4. The maximum Gasteiger partial charge on any atom is 0.407 e. The molecule has 1 unspecified atom stereocenters. The number of rotatable bonds is 8. The van der Waals surface area contributed by atoms with E-state index >= 15 is 0 Å². The number of nitrogens with zero attached hydrogens (tertiary/aromatic N) is 1. The van der Waals surface area contributed by atoms with E-state index in [0.717, 1.165) is 10.5 Å². The molecular weight excluding hydrogens is 386 g/mol. The van der Waals surface area contributed by atoms with Gasteiger partial charge in [0.05, 0.1) is 19.1 Å². The lowest BCUT2D eigenvalue weighted by Gasteiger charge is -2.38. The molecule has 2 atom stereocenters. The van der Waals surface area contributed by atoms with Gasteiger partial charge in [-0.25, -0.2) is 14.5 Å². The molecule has 0 radical (unpaired) electrons. The molecule has 8 heteroatoms. The normalized spacial score (nSPS) is 17.3. The van der Waals surface area contributed by atoms with Gasteiger partial charge in [0.25, 0.3) is 0 Å². The number of carbonyl (C=O) groups is 3. The van der Waals surface area contributed by atoms with E-state index in [1.807, 2.05) is 44.2 Å². The van der Waals surface area contributed by atoms with Crippen LogP contribution < -0.4 is 10.6 Å². The highest BCUT2D eigenvalue weighted by molar-refractivity contribution is 5.99. The van der Waals surface area contributed by atoms with Gasteiger partial charge in [-0.1, -0.05) is 44.2 Å². The number of hydrogen-bond acceptors (Lipinski definition) is 5. The molecule has 2 N–H and O–H groups in total. The van der Waals surface area contributed by atoms with Crippen molar-refractivity contribution < 1.29 is 23.9 Å². The minimum absolute atomic E-state index is 0.138. The number of ether oxygens (including phenoxy) is 2. The van der Waals surface area contributed by atoms with Crippen molar-refractivity contribution in [2.45, 2.75) is 71.9 Å². The van der Waals surface area contributed by atoms with Gasteiger partial charge in [0.15, 0.2) is 0 Å². The Kier molecular flexibility index (Phi) is 8.23. The van der Waals surface area contributed by atoms with Gasteiger partial charge in [0, 0.05) is 6.54 Å². The molecule has 1 aromatic rings. The Morgan fingerprint density at radius 3 is 2.43 bits per heavy atom. The van der Waals surface area contributed by atoms with E-state index in [0.29, 0.717) is 18.9 Å². The van der Waals surface area contributed by atoms with Crippen LogP contribution >= 0.6 is 0 Å². The molecule has 1 saturated heterocycles. The maximum atomic E-state index is 12.4. The van der Waals surface area contributed by atoms with Crippen LogP contribution in [0.1, 0.15) is 53.0 Å². The summed E-state index contributed by atoms with van der Waals surface area (Å²) < 4.78 is 11.1. The lowest BCUT2D eigenvalue weighted by Crippen LogP contribution is -2.60. The van der Waals surface area contributed by atoms with Crippen LogP contribution in [-0.4, -0.2) is 47.4 Å². The van der Waals surface area contributed by atoms with Gasteiger partial charge in [-0.3, -0.25) is 4.79 Å². The SMILES string of the molecule is CC(C)C[C@@H](COC1CC(=O)N1C(=O)NCc1ccccc1)NC(=O)OC(C)(C)C. The predicted octanol–water partition coefficient (Wildman–Crippen LogP) is 3.41. The van der Waals surface area contributed by atoms with Crippen LogP contribution in [0.15, 0.2) is 30.3 Å². The van der Waals surface area contributed by atoms with Gasteiger partial charge in [0.1, 0.15) is 11.8 Å². The second kappa shape index (κ2) is 10.4. The van der Waals surface area contributed by atoms with E-state index in [2.05, 4.69) is 10.6 Å². The summed E-state index contributed by atoms with van der Waals surface area (Å²) in [6.07, 6.45) is -0.332. The van der Waals surface area contributed by atoms with Crippen molar-refractivity contribution in [3.05, 3.63) is 35.9 Å². The summed E-state index contributed by atoms with van der Waals surface area (Å²) in [5, 5.41) is 5.56.